The van der Waals surface area contributed by atoms with Gasteiger partial charge < -0.3 is 10.5 Å². The molecule has 2 aromatic carbocycles. The van der Waals surface area contributed by atoms with Gasteiger partial charge in [-0.15, -0.1) is 11.3 Å². The number of thiophene rings is 1. The second-order valence-electron chi connectivity index (χ2n) is 4.85. The molecular formula is C18H17NOS. The van der Waals surface area contributed by atoms with Crippen LogP contribution >= 0.6 is 11.3 Å². The SMILES string of the molecule is COc1csc(C(N)c2ccc(-c3ccccc3)cc2)c1. The Balaban J connectivity index is 1.83. The predicted octanol–water partition coefficient (Wildman–Crippen LogP) is 4.47. The van der Waals surface area contributed by atoms with E-state index in [0.717, 1.165) is 16.2 Å². The Labute approximate surface area is 128 Å². The van der Waals surface area contributed by atoms with E-state index in [1.54, 1.807) is 18.4 Å². The molecule has 2 N–H and O–H groups in total. The molecule has 0 spiro atoms. The van der Waals surface area contributed by atoms with E-state index in [4.69, 9.17) is 10.5 Å². The van der Waals surface area contributed by atoms with Crippen molar-refractivity contribution in [1.29, 1.82) is 0 Å². The minimum absolute atomic E-state index is 0.108. The number of rotatable bonds is 4. The van der Waals surface area contributed by atoms with Crippen molar-refractivity contribution in [1.82, 2.24) is 0 Å². The predicted molar refractivity (Wildman–Crippen MR) is 88.8 cm³/mol. The van der Waals surface area contributed by atoms with Crippen LogP contribution in [0.1, 0.15) is 16.5 Å². The number of benzene rings is 2. The van der Waals surface area contributed by atoms with Crippen LogP contribution in [0.4, 0.5) is 0 Å². The van der Waals surface area contributed by atoms with Crippen molar-refractivity contribution in [2.45, 2.75) is 6.04 Å². The molecule has 2 nitrogen and oxygen atoms in total. The number of ether oxygens (including phenoxy) is 1. The summed E-state index contributed by atoms with van der Waals surface area (Å²) in [6.07, 6.45) is 0. The van der Waals surface area contributed by atoms with Crippen LogP contribution in [0.5, 0.6) is 5.75 Å². The summed E-state index contributed by atoms with van der Waals surface area (Å²) in [5.41, 5.74) is 9.86. The van der Waals surface area contributed by atoms with Crippen LogP contribution in [0.2, 0.25) is 0 Å². The van der Waals surface area contributed by atoms with E-state index in [1.807, 2.05) is 29.6 Å². The molecule has 1 heterocycles. The van der Waals surface area contributed by atoms with Gasteiger partial charge in [-0.05, 0) is 22.8 Å². The van der Waals surface area contributed by atoms with Crippen molar-refractivity contribution in [3.8, 4) is 16.9 Å². The van der Waals surface area contributed by atoms with E-state index < -0.39 is 0 Å². The summed E-state index contributed by atoms with van der Waals surface area (Å²) in [5.74, 6) is 0.867. The molecule has 0 aliphatic carbocycles. The number of hydrogen-bond acceptors (Lipinski definition) is 3. The molecule has 0 aliphatic rings. The molecule has 0 aliphatic heterocycles. The van der Waals surface area contributed by atoms with Crippen LogP contribution in [-0.4, -0.2) is 7.11 Å². The number of hydrogen-bond donors (Lipinski definition) is 1. The van der Waals surface area contributed by atoms with Gasteiger partial charge in [-0.2, -0.15) is 0 Å². The first-order chi connectivity index (χ1) is 10.3. The molecule has 1 aromatic heterocycles. The normalized spacial score (nSPS) is 12.1. The second kappa shape index (κ2) is 6.12. The first-order valence-corrected chi connectivity index (χ1v) is 7.69. The third-order valence-corrected chi connectivity index (χ3v) is 4.51. The van der Waals surface area contributed by atoms with Gasteiger partial charge in [-0.3, -0.25) is 0 Å². The fourth-order valence-corrected chi connectivity index (χ4v) is 3.17. The lowest BCUT2D eigenvalue weighted by molar-refractivity contribution is 0.416. The molecule has 0 bridgehead atoms. The average molecular weight is 295 g/mol. The van der Waals surface area contributed by atoms with Gasteiger partial charge in [0.05, 0.1) is 13.2 Å². The summed E-state index contributed by atoms with van der Waals surface area (Å²) in [5, 5.41) is 1.98. The van der Waals surface area contributed by atoms with Gasteiger partial charge in [0.25, 0.3) is 0 Å². The summed E-state index contributed by atoms with van der Waals surface area (Å²) in [7, 11) is 1.67. The molecule has 1 unspecified atom stereocenters. The van der Waals surface area contributed by atoms with E-state index in [-0.39, 0.29) is 6.04 Å². The van der Waals surface area contributed by atoms with Crippen LogP contribution in [0.15, 0.2) is 66.0 Å². The molecule has 0 fully saturated rings. The van der Waals surface area contributed by atoms with Crippen molar-refractivity contribution in [2.24, 2.45) is 5.73 Å². The van der Waals surface area contributed by atoms with E-state index in [0.29, 0.717) is 0 Å². The van der Waals surface area contributed by atoms with E-state index in [2.05, 4.69) is 36.4 Å². The molecule has 3 aromatic rings. The maximum Gasteiger partial charge on any atom is 0.129 e. The molecule has 0 radical (unpaired) electrons. The molecule has 3 rings (SSSR count). The second-order valence-corrected chi connectivity index (χ2v) is 5.80. The van der Waals surface area contributed by atoms with Crippen molar-refractivity contribution >= 4 is 11.3 Å². The topological polar surface area (TPSA) is 35.2 Å². The highest BCUT2D eigenvalue weighted by molar-refractivity contribution is 7.10. The Bertz CT molecular complexity index is 704. The Morgan fingerprint density at radius 3 is 2.24 bits per heavy atom. The highest BCUT2D eigenvalue weighted by Crippen LogP contribution is 2.30. The van der Waals surface area contributed by atoms with Crippen molar-refractivity contribution < 1.29 is 4.74 Å². The van der Waals surface area contributed by atoms with Gasteiger partial charge in [0, 0.05) is 10.3 Å². The summed E-state index contributed by atoms with van der Waals surface area (Å²) in [6, 6.07) is 20.7. The van der Waals surface area contributed by atoms with Gasteiger partial charge in [0.1, 0.15) is 5.75 Å². The lowest BCUT2D eigenvalue weighted by atomic mass is 10.0. The number of nitrogens with two attached hydrogens (primary N) is 1. The smallest absolute Gasteiger partial charge is 0.129 e. The molecule has 0 amide bonds. The van der Waals surface area contributed by atoms with Gasteiger partial charge in [0.2, 0.25) is 0 Å². The first kappa shape index (κ1) is 13.9. The van der Waals surface area contributed by atoms with Crippen molar-refractivity contribution in [3.05, 3.63) is 76.5 Å². The lowest BCUT2D eigenvalue weighted by Crippen LogP contribution is -2.09. The van der Waals surface area contributed by atoms with Gasteiger partial charge >= 0.3 is 0 Å². The van der Waals surface area contributed by atoms with Crippen LogP contribution in [0, 0.1) is 0 Å². The van der Waals surface area contributed by atoms with Gasteiger partial charge in [0.15, 0.2) is 0 Å². The molecule has 106 valence electrons. The fraction of sp³-hybridized carbons (Fsp3) is 0.111. The zero-order chi connectivity index (χ0) is 14.7. The van der Waals surface area contributed by atoms with E-state index in [9.17, 15) is 0 Å². The zero-order valence-corrected chi connectivity index (χ0v) is 12.6. The minimum Gasteiger partial charge on any atom is -0.496 e. The third kappa shape index (κ3) is 2.99. The van der Waals surface area contributed by atoms with Crippen LogP contribution < -0.4 is 10.5 Å². The fourth-order valence-electron chi connectivity index (χ4n) is 2.28. The maximum absolute atomic E-state index is 6.33. The Kier molecular flexibility index (Phi) is 4.04. The van der Waals surface area contributed by atoms with E-state index >= 15 is 0 Å². The van der Waals surface area contributed by atoms with Crippen LogP contribution in [0.25, 0.3) is 11.1 Å². The molecule has 21 heavy (non-hydrogen) atoms. The van der Waals surface area contributed by atoms with Crippen LogP contribution in [0.3, 0.4) is 0 Å². The zero-order valence-electron chi connectivity index (χ0n) is 11.8. The monoisotopic (exact) mass is 295 g/mol. The quantitative estimate of drug-likeness (QED) is 0.770. The minimum atomic E-state index is -0.108. The maximum atomic E-state index is 6.33. The highest BCUT2D eigenvalue weighted by atomic mass is 32.1. The molecule has 0 saturated heterocycles. The molecule has 1 atom stereocenters. The first-order valence-electron chi connectivity index (χ1n) is 6.81. The molecule has 3 heteroatoms. The van der Waals surface area contributed by atoms with Gasteiger partial charge in [-0.25, -0.2) is 0 Å². The Hall–Kier alpha value is -2.10. The summed E-state index contributed by atoms with van der Waals surface area (Å²) in [6.45, 7) is 0. The standard InChI is InChI=1S/C18H17NOS/c1-20-16-11-17(21-12-16)18(19)15-9-7-14(8-10-15)13-5-3-2-4-6-13/h2-12,18H,19H2,1H3. The summed E-state index contributed by atoms with van der Waals surface area (Å²) < 4.78 is 5.21. The summed E-state index contributed by atoms with van der Waals surface area (Å²) >= 11 is 1.63. The van der Waals surface area contributed by atoms with E-state index in [1.165, 1.54) is 11.1 Å². The molecular weight excluding hydrogens is 278 g/mol. The molecule has 0 saturated carbocycles. The Morgan fingerprint density at radius 1 is 0.952 bits per heavy atom. The van der Waals surface area contributed by atoms with Crippen molar-refractivity contribution in [2.75, 3.05) is 7.11 Å². The Morgan fingerprint density at radius 2 is 1.62 bits per heavy atom. The van der Waals surface area contributed by atoms with Crippen molar-refractivity contribution in [3.63, 3.8) is 0 Å². The average Bonchev–Trinajstić information content (AvgIpc) is 3.04. The van der Waals surface area contributed by atoms with Crippen LogP contribution in [-0.2, 0) is 0 Å². The van der Waals surface area contributed by atoms with Gasteiger partial charge in [-0.1, -0.05) is 54.6 Å². The number of methoxy groups -OCH3 is 1. The largest absolute Gasteiger partial charge is 0.496 e. The lowest BCUT2D eigenvalue weighted by Gasteiger charge is -2.11. The summed E-state index contributed by atoms with van der Waals surface area (Å²) in [4.78, 5) is 1.11. The third-order valence-electron chi connectivity index (χ3n) is 3.51. The highest BCUT2D eigenvalue weighted by Gasteiger charge is 2.12.